The van der Waals surface area contributed by atoms with Gasteiger partial charge in [0.2, 0.25) is 5.91 Å². The van der Waals surface area contributed by atoms with Gasteiger partial charge >= 0.3 is 0 Å². The second kappa shape index (κ2) is 12.5. The number of morpholine rings is 1. The zero-order valence-corrected chi connectivity index (χ0v) is 23.6. The van der Waals surface area contributed by atoms with E-state index in [-0.39, 0.29) is 18.4 Å². The molecule has 4 N–H and O–H groups in total. The van der Waals surface area contributed by atoms with Crippen molar-refractivity contribution in [1.29, 1.82) is 0 Å². The molecule has 40 heavy (non-hydrogen) atoms. The molecule has 1 aliphatic carbocycles. The van der Waals surface area contributed by atoms with Gasteiger partial charge in [0.1, 0.15) is 11.7 Å². The lowest BCUT2D eigenvalue weighted by atomic mass is 9.78. The Morgan fingerprint density at radius 3 is 2.80 bits per heavy atom. The van der Waals surface area contributed by atoms with Crippen LogP contribution in [0.2, 0.25) is 5.02 Å². The number of methoxy groups -OCH3 is 1. The SMILES string of the molecule is COCCCCC(O)(c1cccc(Cl)c1-c1cncc2ccccc12)C1CN(C(=O)C2CC(N)C(O)C2)CCO1. The summed E-state index contributed by atoms with van der Waals surface area (Å²) in [6.45, 7) is 1.52. The highest BCUT2D eigenvalue weighted by Crippen LogP contribution is 2.44. The maximum absolute atomic E-state index is 13.5. The van der Waals surface area contributed by atoms with Crippen LogP contribution in [-0.2, 0) is 19.9 Å². The van der Waals surface area contributed by atoms with Crippen LogP contribution in [0.3, 0.4) is 0 Å². The molecule has 5 rings (SSSR count). The molecule has 1 saturated carbocycles. The summed E-state index contributed by atoms with van der Waals surface area (Å²) in [5, 5.41) is 25.2. The normalized spacial score (nSPS) is 24.8. The number of aromatic nitrogens is 1. The van der Waals surface area contributed by atoms with Crippen molar-refractivity contribution in [3.05, 3.63) is 65.4 Å². The Hall–Kier alpha value is -2.59. The lowest BCUT2D eigenvalue weighted by Crippen LogP contribution is -2.55. The molecule has 5 unspecified atom stereocenters. The number of ether oxygens (including phenoxy) is 2. The highest BCUT2D eigenvalue weighted by molar-refractivity contribution is 6.34. The van der Waals surface area contributed by atoms with Gasteiger partial charge in [-0.2, -0.15) is 0 Å². The summed E-state index contributed by atoms with van der Waals surface area (Å²) >= 11 is 6.89. The zero-order chi connectivity index (χ0) is 28.3. The Balaban J connectivity index is 1.54. The fraction of sp³-hybridized carbons (Fsp3) is 0.484. The molecule has 1 aliphatic heterocycles. The first-order valence-electron chi connectivity index (χ1n) is 14.0. The number of nitrogens with zero attached hydrogens (tertiary/aromatic N) is 2. The van der Waals surface area contributed by atoms with Crippen molar-refractivity contribution in [2.45, 2.75) is 56.0 Å². The Morgan fingerprint density at radius 1 is 1.20 bits per heavy atom. The van der Waals surface area contributed by atoms with E-state index in [0.29, 0.717) is 61.6 Å². The van der Waals surface area contributed by atoms with Gasteiger partial charge in [-0.25, -0.2) is 0 Å². The van der Waals surface area contributed by atoms with Gasteiger partial charge in [0.25, 0.3) is 0 Å². The van der Waals surface area contributed by atoms with E-state index < -0.39 is 23.9 Å². The molecule has 0 spiro atoms. The van der Waals surface area contributed by atoms with E-state index in [4.69, 9.17) is 26.8 Å². The summed E-state index contributed by atoms with van der Waals surface area (Å²) < 4.78 is 11.5. The molecule has 9 heteroatoms. The number of hydrogen-bond donors (Lipinski definition) is 3. The second-order valence-electron chi connectivity index (χ2n) is 11.0. The predicted octanol–water partition coefficient (Wildman–Crippen LogP) is 3.89. The third kappa shape index (κ3) is 5.75. The topological polar surface area (TPSA) is 118 Å². The first-order chi connectivity index (χ1) is 19.3. The Kier molecular flexibility index (Phi) is 9.05. The van der Waals surface area contributed by atoms with Crippen molar-refractivity contribution < 1.29 is 24.5 Å². The van der Waals surface area contributed by atoms with Crippen LogP contribution in [0, 0.1) is 5.92 Å². The van der Waals surface area contributed by atoms with E-state index in [1.165, 1.54) is 0 Å². The van der Waals surface area contributed by atoms with E-state index >= 15 is 0 Å². The van der Waals surface area contributed by atoms with Crippen molar-refractivity contribution >= 4 is 28.3 Å². The summed E-state index contributed by atoms with van der Waals surface area (Å²) in [5.74, 6) is -0.381. The number of carbonyl (C=O) groups is 1. The molecule has 1 aromatic heterocycles. The van der Waals surface area contributed by atoms with Crippen LogP contribution >= 0.6 is 11.6 Å². The third-order valence-corrected chi connectivity index (χ3v) is 8.73. The van der Waals surface area contributed by atoms with Crippen molar-refractivity contribution in [2.24, 2.45) is 11.7 Å². The van der Waals surface area contributed by atoms with Crippen molar-refractivity contribution in [2.75, 3.05) is 33.4 Å². The van der Waals surface area contributed by atoms with Gasteiger partial charge in [0.05, 0.1) is 19.3 Å². The monoisotopic (exact) mass is 567 g/mol. The molecule has 3 aromatic rings. The first kappa shape index (κ1) is 28.9. The summed E-state index contributed by atoms with van der Waals surface area (Å²) in [7, 11) is 1.66. The minimum atomic E-state index is -1.45. The van der Waals surface area contributed by atoms with Gasteiger partial charge in [-0.15, -0.1) is 0 Å². The molecule has 2 heterocycles. The second-order valence-corrected chi connectivity index (χ2v) is 11.4. The number of nitrogens with two attached hydrogens (primary N) is 1. The Morgan fingerprint density at radius 2 is 2.02 bits per heavy atom. The van der Waals surface area contributed by atoms with Crippen LogP contribution in [0.1, 0.15) is 37.7 Å². The standard InChI is InChI=1S/C31H38ClN3O5/c1-39-13-5-4-11-31(38,28-19-35(12-14-40-28)30(37)21-15-26(33)27(36)16-21)24-9-6-10-25(32)29(24)23-18-34-17-20-7-2-3-8-22(20)23/h2-3,6-10,17-18,21,26-28,36,38H,4-5,11-16,19,33H2,1H3. The van der Waals surface area contributed by atoms with E-state index in [9.17, 15) is 15.0 Å². The number of carbonyl (C=O) groups excluding carboxylic acids is 1. The maximum Gasteiger partial charge on any atom is 0.226 e. The van der Waals surface area contributed by atoms with Crippen LogP contribution in [0.15, 0.2) is 54.9 Å². The molecule has 1 amide bonds. The number of fused-ring (bicyclic) bond motifs is 1. The molecule has 5 atom stereocenters. The first-order valence-corrected chi connectivity index (χ1v) is 14.4. The average molecular weight is 568 g/mol. The molecule has 8 nitrogen and oxygen atoms in total. The van der Waals surface area contributed by atoms with Gasteiger partial charge in [-0.05, 0) is 49.1 Å². The molecule has 0 radical (unpaired) electrons. The Labute approximate surface area is 240 Å². The van der Waals surface area contributed by atoms with Crippen LogP contribution in [0.5, 0.6) is 0 Å². The summed E-state index contributed by atoms with van der Waals surface area (Å²) in [5.41, 5.74) is 6.73. The molecular formula is C31H38ClN3O5. The average Bonchev–Trinajstić information content (AvgIpc) is 3.32. The number of halogens is 1. The van der Waals surface area contributed by atoms with Crippen molar-refractivity contribution in [3.8, 4) is 11.1 Å². The van der Waals surface area contributed by atoms with Crippen LogP contribution in [-0.4, -0.2) is 77.7 Å². The highest BCUT2D eigenvalue weighted by Gasteiger charge is 2.46. The largest absolute Gasteiger partial charge is 0.391 e. The molecule has 2 fully saturated rings. The lowest BCUT2D eigenvalue weighted by molar-refractivity contribution is -0.167. The van der Waals surface area contributed by atoms with Crippen LogP contribution < -0.4 is 5.73 Å². The summed E-state index contributed by atoms with van der Waals surface area (Å²) in [6, 6.07) is 13.1. The van der Waals surface area contributed by atoms with Gasteiger partial charge in [-0.1, -0.05) is 48.0 Å². The summed E-state index contributed by atoms with van der Waals surface area (Å²) in [6.07, 6.45) is 4.88. The van der Waals surface area contributed by atoms with E-state index in [1.807, 2.05) is 48.7 Å². The maximum atomic E-state index is 13.5. The third-order valence-electron chi connectivity index (χ3n) is 8.41. The minimum Gasteiger partial charge on any atom is -0.391 e. The minimum absolute atomic E-state index is 0.0494. The lowest BCUT2D eigenvalue weighted by Gasteiger charge is -2.44. The Bertz CT molecular complexity index is 1320. The number of benzene rings is 2. The van der Waals surface area contributed by atoms with Crippen LogP contribution in [0.4, 0.5) is 0 Å². The van der Waals surface area contributed by atoms with Gasteiger partial charge in [-0.3, -0.25) is 9.78 Å². The predicted molar refractivity (Wildman–Crippen MR) is 155 cm³/mol. The number of aliphatic hydroxyl groups excluding tert-OH is 1. The zero-order valence-electron chi connectivity index (χ0n) is 22.8. The summed E-state index contributed by atoms with van der Waals surface area (Å²) in [4.78, 5) is 19.7. The number of unbranched alkanes of at least 4 members (excludes halogenated alkanes) is 1. The molecule has 2 aliphatic rings. The van der Waals surface area contributed by atoms with E-state index in [2.05, 4.69) is 4.98 Å². The smallest absolute Gasteiger partial charge is 0.226 e. The number of rotatable bonds is 9. The molecule has 214 valence electrons. The fourth-order valence-corrected chi connectivity index (χ4v) is 6.51. The fourth-order valence-electron chi connectivity index (χ4n) is 6.23. The quantitative estimate of drug-likeness (QED) is 0.336. The number of aliphatic hydroxyl groups is 2. The van der Waals surface area contributed by atoms with E-state index in [0.717, 1.165) is 22.8 Å². The van der Waals surface area contributed by atoms with Crippen molar-refractivity contribution in [3.63, 3.8) is 0 Å². The highest BCUT2D eigenvalue weighted by atomic mass is 35.5. The van der Waals surface area contributed by atoms with E-state index in [1.54, 1.807) is 18.2 Å². The number of amides is 1. The van der Waals surface area contributed by atoms with Crippen LogP contribution in [0.25, 0.3) is 21.9 Å². The molecular weight excluding hydrogens is 530 g/mol. The van der Waals surface area contributed by atoms with Crippen molar-refractivity contribution in [1.82, 2.24) is 9.88 Å². The molecule has 1 saturated heterocycles. The number of hydrogen-bond acceptors (Lipinski definition) is 7. The molecule has 0 bridgehead atoms. The number of pyridine rings is 1. The van der Waals surface area contributed by atoms with Gasteiger partial charge in [0.15, 0.2) is 0 Å². The van der Waals surface area contributed by atoms with Gasteiger partial charge in [0, 0.05) is 66.2 Å². The van der Waals surface area contributed by atoms with Gasteiger partial charge < -0.3 is 30.3 Å². The molecule has 2 aromatic carbocycles.